The summed E-state index contributed by atoms with van der Waals surface area (Å²) in [5.74, 6) is -0.437. The molecule has 0 saturated carbocycles. The van der Waals surface area contributed by atoms with Crippen LogP contribution >= 0.6 is 11.3 Å². The Morgan fingerprint density at radius 3 is 1.96 bits per heavy atom. The molecule has 0 radical (unpaired) electrons. The second-order valence-electron chi connectivity index (χ2n) is 6.47. The first-order valence-electron chi connectivity index (χ1n) is 8.02. The van der Waals surface area contributed by atoms with Gasteiger partial charge in [0.15, 0.2) is 0 Å². The topological polar surface area (TPSA) is 43.4 Å². The van der Waals surface area contributed by atoms with E-state index in [4.69, 9.17) is 0 Å². The van der Waals surface area contributed by atoms with Crippen LogP contribution < -0.4 is 15.6 Å². The summed E-state index contributed by atoms with van der Waals surface area (Å²) in [4.78, 5) is 25.5. The molecule has 0 aliphatic heterocycles. The molecule has 0 amide bonds. The highest BCUT2D eigenvalue weighted by Crippen LogP contribution is 2.41. The third-order valence-electron chi connectivity index (χ3n) is 4.75. The molecule has 5 rings (SSSR count). The van der Waals surface area contributed by atoms with Crippen LogP contribution in [0.5, 0.6) is 5.75 Å². The number of aryl methyl sites for hydroxylation is 1. The minimum Gasteiger partial charge on any atom is -0.406 e. The molecule has 0 atom stereocenters. The minimum atomic E-state index is -4.83. The van der Waals surface area contributed by atoms with E-state index in [0.29, 0.717) is 30.9 Å². The summed E-state index contributed by atoms with van der Waals surface area (Å²) in [6.45, 7) is 1.89. The molecule has 1 aromatic heterocycles. The van der Waals surface area contributed by atoms with Gasteiger partial charge in [-0.3, -0.25) is 9.59 Å². The van der Waals surface area contributed by atoms with E-state index in [0.717, 1.165) is 28.4 Å². The number of halogens is 3. The van der Waals surface area contributed by atoms with Crippen LogP contribution in [0.4, 0.5) is 13.2 Å². The smallest absolute Gasteiger partial charge is 0.406 e. The zero-order valence-corrected chi connectivity index (χ0v) is 14.5. The van der Waals surface area contributed by atoms with Crippen LogP contribution in [0.15, 0.2) is 46.0 Å². The average Bonchev–Trinajstić information content (AvgIpc) is 3.17. The molecule has 0 fully saturated rings. The van der Waals surface area contributed by atoms with Crippen molar-refractivity contribution in [1.82, 2.24) is 0 Å². The Hall–Kier alpha value is -2.93. The maximum absolute atomic E-state index is 12.7. The summed E-state index contributed by atoms with van der Waals surface area (Å²) >= 11 is 1.10. The van der Waals surface area contributed by atoms with Crippen LogP contribution in [0, 0.1) is 6.92 Å². The van der Waals surface area contributed by atoms with E-state index >= 15 is 0 Å². The lowest BCUT2D eigenvalue weighted by Crippen LogP contribution is -2.17. The van der Waals surface area contributed by atoms with Gasteiger partial charge in [-0.15, -0.1) is 24.5 Å². The second kappa shape index (κ2) is 5.07. The summed E-state index contributed by atoms with van der Waals surface area (Å²) in [6.07, 6.45) is -4.83. The molecule has 0 spiro atoms. The Morgan fingerprint density at radius 2 is 1.37 bits per heavy atom. The van der Waals surface area contributed by atoms with Crippen molar-refractivity contribution in [2.75, 3.05) is 0 Å². The molecule has 0 N–H and O–H groups in total. The lowest BCUT2D eigenvalue weighted by Gasteiger charge is -2.08. The highest BCUT2D eigenvalue weighted by atomic mass is 32.1. The Kier molecular flexibility index (Phi) is 3.05. The largest absolute Gasteiger partial charge is 0.573 e. The monoisotopic (exact) mass is 386 g/mol. The van der Waals surface area contributed by atoms with E-state index in [1.54, 1.807) is 0 Å². The second-order valence-corrected chi connectivity index (χ2v) is 7.49. The number of rotatable bonds is 1. The highest BCUT2D eigenvalue weighted by molar-refractivity contribution is 7.26. The van der Waals surface area contributed by atoms with Gasteiger partial charge in [0.25, 0.3) is 0 Å². The van der Waals surface area contributed by atoms with Crippen molar-refractivity contribution >= 4 is 53.1 Å². The van der Waals surface area contributed by atoms with Gasteiger partial charge in [-0.25, -0.2) is 0 Å². The van der Waals surface area contributed by atoms with Crippen molar-refractivity contribution in [3.8, 4) is 5.75 Å². The molecule has 0 unspecified atom stereocenters. The van der Waals surface area contributed by atoms with E-state index in [9.17, 15) is 22.8 Å². The molecule has 0 bridgehead atoms. The number of benzene rings is 2. The minimum absolute atomic E-state index is 0.116. The third-order valence-corrected chi connectivity index (χ3v) is 5.94. The van der Waals surface area contributed by atoms with E-state index in [-0.39, 0.29) is 16.2 Å². The summed E-state index contributed by atoms with van der Waals surface area (Å²) in [5, 5.41) is 3.37. The predicted molar refractivity (Wildman–Crippen MR) is 101 cm³/mol. The van der Waals surface area contributed by atoms with Gasteiger partial charge in [0, 0.05) is 21.5 Å². The van der Waals surface area contributed by atoms with Crippen molar-refractivity contribution < 1.29 is 17.9 Å². The molecule has 5 aromatic rings. The molecule has 3 nitrogen and oxygen atoms in total. The summed E-state index contributed by atoms with van der Waals surface area (Å²) in [7, 11) is 0. The quantitative estimate of drug-likeness (QED) is 0.400. The van der Waals surface area contributed by atoms with E-state index in [1.165, 1.54) is 12.1 Å². The fourth-order valence-electron chi connectivity index (χ4n) is 3.70. The predicted octanol–water partition coefficient (Wildman–Crippen LogP) is 5.16. The Bertz CT molecular complexity index is 1480. The molecule has 7 heteroatoms. The van der Waals surface area contributed by atoms with Gasteiger partial charge < -0.3 is 4.74 Å². The van der Waals surface area contributed by atoms with E-state index in [2.05, 4.69) is 4.74 Å². The zero-order chi connectivity index (χ0) is 19.1. The average molecular weight is 386 g/mol. The lowest BCUT2D eigenvalue weighted by atomic mass is 10.1. The van der Waals surface area contributed by atoms with Gasteiger partial charge in [0.2, 0.25) is 10.9 Å². The third kappa shape index (κ3) is 2.21. The molecular weight excluding hydrogens is 377 g/mol. The molecular formula is C20H9F3O3S. The number of ether oxygens (including phenoxy) is 1. The maximum atomic E-state index is 12.7. The number of hydrogen-bond donors (Lipinski definition) is 0. The Morgan fingerprint density at radius 1 is 0.815 bits per heavy atom. The Labute approximate surface area is 152 Å². The van der Waals surface area contributed by atoms with Crippen molar-refractivity contribution in [2.24, 2.45) is 0 Å². The van der Waals surface area contributed by atoms with Gasteiger partial charge >= 0.3 is 6.36 Å². The van der Waals surface area contributed by atoms with Crippen LogP contribution in [-0.2, 0) is 0 Å². The van der Waals surface area contributed by atoms with Crippen LogP contribution in [0.25, 0.3) is 41.7 Å². The van der Waals surface area contributed by atoms with Gasteiger partial charge in [-0.2, -0.15) is 0 Å². The first kappa shape index (κ1) is 16.3. The van der Waals surface area contributed by atoms with E-state index < -0.39 is 12.1 Å². The number of hydrogen-bond acceptors (Lipinski definition) is 4. The molecule has 134 valence electrons. The van der Waals surface area contributed by atoms with Crippen molar-refractivity contribution in [2.45, 2.75) is 13.3 Å². The summed E-state index contributed by atoms with van der Waals surface area (Å²) < 4.78 is 42.2. The summed E-state index contributed by atoms with van der Waals surface area (Å²) in [6, 6.07) is 9.30. The molecule has 0 aliphatic carbocycles. The maximum Gasteiger partial charge on any atom is 0.573 e. The highest BCUT2D eigenvalue weighted by Gasteiger charge is 2.31. The van der Waals surface area contributed by atoms with Crippen LogP contribution in [0.3, 0.4) is 0 Å². The van der Waals surface area contributed by atoms with Crippen molar-refractivity contribution in [1.29, 1.82) is 0 Å². The van der Waals surface area contributed by atoms with Crippen LogP contribution in [0.1, 0.15) is 5.56 Å². The molecule has 27 heavy (non-hydrogen) atoms. The summed E-state index contributed by atoms with van der Waals surface area (Å²) in [5.41, 5.74) is 0.460. The molecule has 0 aliphatic rings. The fourth-order valence-corrected chi connectivity index (χ4v) is 4.94. The normalized spacial score (nSPS) is 12.7. The number of alkyl halides is 3. The first-order valence-corrected chi connectivity index (χ1v) is 8.83. The van der Waals surface area contributed by atoms with Crippen molar-refractivity contribution in [3.63, 3.8) is 0 Å². The number of thiophene rings is 1. The Balaban J connectivity index is 1.92. The number of fused-ring (bicyclic) bond motifs is 7. The molecule has 4 aromatic carbocycles. The van der Waals surface area contributed by atoms with Gasteiger partial charge in [0.05, 0.1) is 9.40 Å². The van der Waals surface area contributed by atoms with Crippen LogP contribution in [-0.4, -0.2) is 6.36 Å². The van der Waals surface area contributed by atoms with Gasteiger partial charge in [0.1, 0.15) is 5.75 Å². The van der Waals surface area contributed by atoms with Crippen molar-refractivity contribution in [3.05, 3.63) is 62.4 Å². The fraction of sp³-hybridized carbons (Fsp3) is 0.100. The van der Waals surface area contributed by atoms with Gasteiger partial charge in [-0.05, 0) is 42.0 Å². The zero-order valence-electron chi connectivity index (χ0n) is 13.7. The van der Waals surface area contributed by atoms with Gasteiger partial charge in [-0.1, -0.05) is 17.7 Å². The molecule has 0 saturated heterocycles. The van der Waals surface area contributed by atoms with E-state index in [1.807, 2.05) is 25.1 Å². The molecule has 1 heterocycles. The first-order chi connectivity index (χ1) is 12.7. The lowest BCUT2D eigenvalue weighted by molar-refractivity contribution is -0.274. The standard InChI is InChI=1S/C20H9F3O3S/c1-8-2-4-10-12(6-8)16(24)18-14(10)15-11-5-3-9(26-20(21,22)23)7-13(11)17(25)19(15)27-18/h2-7H,1H3. The SMILES string of the molecule is Cc1ccc2c(c1)c(=O)c1sc3c(=O)c4cc(OC(F)(F)F)ccc4c3c12. The van der Waals surface area contributed by atoms with Crippen LogP contribution in [0.2, 0.25) is 0 Å².